The van der Waals surface area contributed by atoms with Crippen molar-refractivity contribution in [1.82, 2.24) is 9.97 Å². The van der Waals surface area contributed by atoms with E-state index in [-0.39, 0.29) is 17.3 Å². The molecule has 0 amide bonds. The Balaban J connectivity index is 1.43. The summed E-state index contributed by atoms with van der Waals surface area (Å²) in [6.07, 6.45) is 1.17. The van der Waals surface area contributed by atoms with E-state index in [1.54, 1.807) is 25.2 Å². The summed E-state index contributed by atoms with van der Waals surface area (Å²) in [5, 5.41) is 11.7. The largest absolute Gasteiger partial charge is 0.497 e. The van der Waals surface area contributed by atoms with E-state index in [0.717, 1.165) is 28.5 Å². The minimum Gasteiger partial charge on any atom is -0.497 e. The molecule has 0 spiro atoms. The number of rotatable bonds is 4. The molecule has 1 saturated carbocycles. The molecule has 0 bridgehead atoms. The Bertz CT molecular complexity index is 757. The SMILES string of the molecule is COc1ccc(C2OC[C@@H]3C[C@@H](Sc4cc(C)ncn4)[C@H](O)[C@@H]3O2)cc1. The Hall–Kier alpha value is -1.67. The molecule has 1 aromatic carbocycles. The zero-order valence-corrected chi connectivity index (χ0v) is 15.6. The van der Waals surface area contributed by atoms with Crippen molar-refractivity contribution in [3.8, 4) is 5.75 Å². The molecule has 1 aliphatic carbocycles. The summed E-state index contributed by atoms with van der Waals surface area (Å²) in [7, 11) is 1.64. The third-order valence-electron chi connectivity index (χ3n) is 4.90. The average Bonchev–Trinajstić information content (AvgIpc) is 2.97. The fourth-order valence-electron chi connectivity index (χ4n) is 3.51. The number of methoxy groups -OCH3 is 1. The summed E-state index contributed by atoms with van der Waals surface area (Å²) in [6.45, 7) is 2.52. The van der Waals surface area contributed by atoms with Crippen molar-refractivity contribution in [1.29, 1.82) is 0 Å². The topological polar surface area (TPSA) is 73.7 Å². The standard InChI is InChI=1S/C19H22N2O4S/c1-11-7-16(21-10-20-11)26-15-8-13-9-24-19(25-18(13)17(15)22)12-3-5-14(23-2)6-4-12/h3-7,10,13,15,17-19,22H,8-9H2,1-2H3/t13-,15+,17-,18+,19?/m0/s1. The van der Waals surface area contributed by atoms with Crippen LogP contribution in [0.5, 0.6) is 5.75 Å². The van der Waals surface area contributed by atoms with Crippen molar-refractivity contribution in [2.75, 3.05) is 13.7 Å². The molecule has 1 saturated heterocycles. The maximum absolute atomic E-state index is 10.8. The Kier molecular flexibility index (Phi) is 5.13. The molecule has 0 radical (unpaired) electrons. The lowest BCUT2D eigenvalue weighted by molar-refractivity contribution is -0.248. The zero-order valence-electron chi connectivity index (χ0n) is 14.7. The normalized spacial score (nSPS) is 30.8. The molecule has 2 aromatic rings. The lowest BCUT2D eigenvalue weighted by Crippen LogP contribution is -2.39. The first kappa shape index (κ1) is 17.7. The highest BCUT2D eigenvalue weighted by atomic mass is 32.2. The third kappa shape index (κ3) is 3.57. The first-order chi connectivity index (χ1) is 12.6. The molecule has 5 atom stereocenters. The van der Waals surface area contributed by atoms with Crippen LogP contribution >= 0.6 is 11.8 Å². The molecule has 1 aliphatic heterocycles. The zero-order chi connectivity index (χ0) is 18.1. The first-order valence-electron chi connectivity index (χ1n) is 8.68. The van der Waals surface area contributed by atoms with Gasteiger partial charge in [0.1, 0.15) is 12.1 Å². The molecule has 7 heteroatoms. The van der Waals surface area contributed by atoms with E-state index < -0.39 is 12.4 Å². The molecule has 2 aliphatic rings. The number of nitrogens with zero attached hydrogens (tertiary/aromatic N) is 2. The number of aliphatic hydroxyl groups is 1. The van der Waals surface area contributed by atoms with Gasteiger partial charge in [0.2, 0.25) is 0 Å². The summed E-state index contributed by atoms with van der Waals surface area (Å²) in [5.74, 6) is 0.986. The fourth-order valence-corrected chi connectivity index (χ4v) is 4.81. The van der Waals surface area contributed by atoms with Crippen LogP contribution in [-0.2, 0) is 9.47 Å². The molecule has 1 unspecified atom stereocenters. The number of hydrogen-bond donors (Lipinski definition) is 1. The summed E-state index contributed by atoms with van der Waals surface area (Å²) in [5.41, 5.74) is 1.85. The second-order valence-electron chi connectivity index (χ2n) is 6.68. The van der Waals surface area contributed by atoms with Crippen molar-refractivity contribution in [2.24, 2.45) is 5.92 Å². The first-order valence-corrected chi connectivity index (χ1v) is 9.56. The van der Waals surface area contributed by atoms with Gasteiger partial charge in [-0.2, -0.15) is 0 Å². The van der Waals surface area contributed by atoms with E-state index in [0.29, 0.717) is 6.61 Å². The van der Waals surface area contributed by atoms with Crippen molar-refractivity contribution in [2.45, 2.75) is 42.1 Å². The number of aliphatic hydroxyl groups excluding tert-OH is 1. The van der Waals surface area contributed by atoms with Crippen LogP contribution in [0, 0.1) is 12.8 Å². The second kappa shape index (κ2) is 7.52. The summed E-state index contributed by atoms with van der Waals surface area (Å²) >= 11 is 1.59. The molecule has 2 fully saturated rings. The van der Waals surface area contributed by atoms with Crippen LogP contribution in [0.3, 0.4) is 0 Å². The van der Waals surface area contributed by atoms with Crippen LogP contribution in [0.25, 0.3) is 0 Å². The number of thioether (sulfide) groups is 1. The number of hydrogen-bond acceptors (Lipinski definition) is 7. The minimum absolute atomic E-state index is 0.0394. The van der Waals surface area contributed by atoms with Crippen LogP contribution in [-0.4, -0.2) is 46.2 Å². The van der Waals surface area contributed by atoms with Crippen molar-refractivity contribution < 1.29 is 19.3 Å². The molecule has 4 rings (SSSR count). The van der Waals surface area contributed by atoms with Crippen LogP contribution in [0.1, 0.15) is 24.0 Å². The van der Waals surface area contributed by atoms with Gasteiger partial charge in [0.15, 0.2) is 6.29 Å². The molecular weight excluding hydrogens is 352 g/mol. The van der Waals surface area contributed by atoms with Crippen molar-refractivity contribution in [3.05, 3.63) is 47.9 Å². The van der Waals surface area contributed by atoms with Crippen molar-refractivity contribution in [3.63, 3.8) is 0 Å². The highest BCUT2D eigenvalue weighted by Crippen LogP contribution is 2.44. The summed E-state index contributed by atoms with van der Waals surface area (Å²) in [4.78, 5) is 8.41. The second-order valence-corrected chi connectivity index (χ2v) is 7.94. The van der Waals surface area contributed by atoms with E-state index in [4.69, 9.17) is 14.2 Å². The average molecular weight is 374 g/mol. The summed E-state index contributed by atoms with van der Waals surface area (Å²) < 4.78 is 17.2. The highest BCUT2D eigenvalue weighted by molar-refractivity contribution is 7.99. The molecular formula is C19H22N2O4S. The molecule has 138 valence electrons. The van der Waals surface area contributed by atoms with E-state index in [1.807, 2.05) is 37.3 Å². The van der Waals surface area contributed by atoms with E-state index in [2.05, 4.69) is 9.97 Å². The molecule has 1 aromatic heterocycles. The number of aryl methyl sites for hydroxylation is 1. The maximum Gasteiger partial charge on any atom is 0.184 e. The lowest BCUT2D eigenvalue weighted by atomic mass is 10.0. The van der Waals surface area contributed by atoms with Gasteiger partial charge in [-0.15, -0.1) is 11.8 Å². The molecule has 1 N–H and O–H groups in total. The fraction of sp³-hybridized carbons (Fsp3) is 0.474. The van der Waals surface area contributed by atoms with Crippen LogP contribution in [0.15, 0.2) is 41.7 Å². The molecule has 6 nitrogen and oxygen atoms in total. The molecule has 26 heavy (non-hydrogen) atoms. The van der Waals surface area contributed by atoms with Gasteiger partial charge in [-0.05, 0) is 31.5 Å². The van der Waals surface area contributed by atoms with Gasteiger partial charge in [-0.1, -0.05) is 12.1 Å². The Labute approximate surface area is 156 Å². The Morgan fingerprint density at radius 1 is 1.23 bits per heavy atom. The van der Waals surface area contributed by atoms with Crippen LogP contribution < -0.4 is 4.74 Å². The predicted molar refractivity (Wildman–Crippen MR) is 97.1 cm³/mol. The van der Waals surface area contributed by atoms with Crippen LogP contribution in [0.2, 0.25) is 0 Å². The molecule has 2 heterocycles. The van der Waals surface area contributed by atoms with Gasteiger partial charge >= 0.3 is 0 Å². The lowest BCUT2D eigenvalue weighted by Gasteiger charge is -2.34. The third-order valence-corrected chi connectivity index (χ3v) is 6.14. The van der Waals surface area contributed by atoms with Gasteiger partial charge in [0.25, 0.3) is 0 Å². The quantitative estimate of drug-likeness (QED) is 0.825. The van der Waals surface area contributed by atoms with Crippen LogP contribution in [0.4, 0.5) is 0 Å². The maximum atomic E-state index is 10.8. The van der Waals surface area contributed by atoms with Crippen molar-refractivity contribution >= 4 is 11.8 Å². The van der Waals surface area contributed by atoms with Gasteiger partial charge in [0, 0.05) is 22.4 Å². The Morgan fingerprint density at radius 2 is 2.04 bits per heavy atom. The van der Waals surface area contributed by atoms with Gasteiger partial charge in [-0.3, -0.25) is 0 Å². The van der Waals surface area contributed by atoms with E-state index in [1.165, 1.54) is 0 Å². The van der Waals surface area contributed by atoms with Gasteiger partial charge in [-0.25, -0.2) is 9.97 Å². The minimum atomic E-state index is -0.551. The van der Waals surface area contributed by atoms with E-state index >= 15 is 0 Å². The Morgan fingerprint density at radius 3 is 2.77 bits per heavy atom. The number of benzene rings is 1. The summed E-state index contributed by atoms with van der Waals surface area (Å²) in [6, 6.07) is 9.57. The number of aromatic nitrogens is 2. The highest BCUT2D eigenvalue weighted by Gasteiger charge is 2.47. The monoisotopic (exact) mass is 374 g/mol. The predicted octanol–water partition coefficient (Wildman–Crippen LogP) is 2.75. The van der Waals surface area contributed by atoms with E-state index in [9.17, 15) is 5.11 Å². The van der Waals surface area contributed by atoms with Gasteiger partial charge < -0.3 is 19.3 Å². The number of ether oxygens (including phenoxy) is 3. The van der Waals surface area contributed by atoms with Gasteiger partial charge in [0.05, 0.1) is 31.0 Å². The number of fused-ring (bicyclic) bond motifs is 1. The smallest absolute Gasteiger partial charge is 0.184 e.